The molecular formula is C21H23FN4O2. The second-order valence-corrected chi connectivity index (χ2v) is 7.31. The van der Waals surface area contributed by atoms with Gasteiger partial charge >= 0.3 is 0 Å². The Bertz CT molecular complexity index is 1080. The molecule has 3 aromatic rings. The lowest BCUT2D eigenvalue weighted by molar-refractivity contribution is -0.131. The van der Waals surface area contributed by atoms with Crippen LogP contribution in [-0.4, -0.2) is 38.5 Å². The summed E-state index contributed by atoms with van der Waals surface area (Å²) in [4.78, 5) is 31.3. The van der Waals surface area contributed by atoms with Crippen molar-refractivity contribution >= 4 is 11.6 Å². The van der Waals surface area contributed by atoms with E-state index in [1.807, 2.05) is 18.7 Å². The van der Waals surface area contributed by atoms with Gasteiger partial charge in [0.1, 0.15) is 5.82 Å². The van der Waals surface area contributed by atoms with E-state index < -0.39 is 0 Å². The number of H-pyrrole nitrogens is 1. The first-order chi connectivity index (χ1) is 13.5. The van der Waals surface area contributed by atoms with Crippen molar-refractivity contribution in [3.05, 3.63) is 57.9 Å². The van der Waals surface area contributed by atoms with E-state index in [2.05, 4.69) is 5.10 Å². The van der Waals surface area contributed by atoms with Gasteiger partial charge in [-0.1, -0.05) is 19.1 Å². The molecule has 6 nitrogen and oxygen atoms in total. The van der Waals surface area contributed by atoms with Crippen LogP contribution in [0.25, 0.3) is 16.8 Å². The lowest BCUT2D eigenvalue weighted by Crippen LogP contribution is -2.37. The minimum absolute atomic E-state index is 0.148. The Kier molecular flexibility index (Phi) is 4.75. The van der Waals surface area contributed by atoms with Crippen LogP contribution in [-0.2, 0) is 4.79 Å². The maximum Gasteiger partial charge on any atom is 0.272 e. The number of carbonyl (C=O) groups excluding carboxylic acids is 1. The molecule has 4 rings (SSSR count). The van der Waals surface area contributed by atoms with Crippen molar-refractivity contribution in [1.29, 1.82) is 0 Å². The third-order valence-electron chi connectivity index (χ3n) is 5.52. The fraction of sp³-hybridized carbons (Fsp3) is 0.381. The Hall–Kier alpha value is -2.96. The summed E-state index contributed by atoms with van der Waals surface area (Å²) in [6.07, 6.45) is 2.10. The van der Waals surface area contributed by atoms with Gasteiger partial charge in [-0.3, -0.25) is 14.7 Å². The molecule has 1 N–H and O–H groups in total. The number of fused-ring (bicyclic) bond motifs is 1. The van der Waals surface area contributed by atoms with Gasteiger partial charge in [-0.2, -0.15) is 0 Å². The first-order valence-corrected chi connectivity index (χ1v) is 9.64. The number of halogens is 1. The van der Waals surface area contributed by atoms with Crippen molar-refractivity contribution in [1.82, 2.24) is 19.5 Å². The van der Waals surface area contributed by atoms with Crippen LogP contribution < -0.4 is 5.56 Å². The molecule has 1 aliphatic rings. The van der Waals surface area contributed by atoms with Crippen LogP contribution >= 0.6 is 0 Å². The molecule has 28 heavy (non-hydrogen) atoms. The van der Waals surface area contributed by atoms with E-state index in [4.69, 9.17) is 4.98 Å². The summed E-state index contributed by atoms with van der Waals surface area (Å²) in [6.45, 7) is 5.13. The number of rotatable bonds is 3. The van der Waals surface area contributed by atoms with Gasteiger partial charge in [-0.15, -0.1) is 0 Å². The van der Waals surface area contributed by atoms with Gasteiger partial charge in [0.05, 0.1) is 5.69 Å². The molecular weight excluding hydrogens is 359 g/mol. The molecule has 1 saturated heterocycles. The monoisotopic (exact) mass is 382 g/mol. The van der Waals surface area contributed by atoms with Crippen LogP contribution in [0.3, 0.4) is 0 Å². The maximum absolute atomic E-state index is 13.3. The Morgan fingerprint density at radius 3 is 2.57 bits per heavy atom. The maximum atomic E-state index is 13.3. The molecule has 0 radical (unpaired) electrons. The molecule has 0 unspecified atom stereocenters. The number of hydrogen-bond donors (Lipinski definition) is 1. The van der Waals surface area contributed by atoms with E-state index in [0.717, 1.165) is 35.4 Å². The second-order valence-electron chi connectivity index (χ2n) is 7.31. The average Bonchev–Trinajstić information content (AvgIpc) is 3.05. The minimum atomic E-state index is -0.305. The number of amides is 1. The van der Waals surface area contributed by atoms with Gasteiger partial charge in [0.15, 0.2) is 5.65 Å². The topological polar surface area (TPSA) is 70.5 Å². The summed E-state index contributed by atoms with van der Waals surface area (Å²) in [7, 11) is 0. The molecule has 0 bridgehead atoms. The fourth-order valence-electron chi connectivity index (χ4n) is 3.99. The highest BCUT2D eigenvalue weighted by Crippen LogP contribution is 2.30. The zero-order valence-electron chi connectivity index (χ0n) is 16.0. The summed E-state index contributed by atoms with van der Waals surface area (Å²) < 4.78 is 14.8. The van der Waals surface area contributed by atoms with Crippen molar-refractivity contribution in [2.24, 2.45) is 0 Å². The van der Waals surface area contributed by atoms with E-state index in [1.165, 1.54) is 16.6 Å². The Morgan fingerprint density at radius 2 is 1.93 bits per heavy atom. The summed E-state index contributed by atoms with van der Waals surface area (Å²) in [5.74, 6) is 0.0112. The standard InChI is InChI=1S/C21H23FN4O2/c1-3-18(27)25-10-8-14(9-11-25)17-12-19(28)26-21(23-17)20(13(2)24-26)15-4-6-16(22)7-5-15/h4-7,12,14,24H,3,8-11H2,1-2H3. The average molecular weight is 382 g/mol. The summed E-state index contributed by atoms with van der Waals surface area (Å²) >= 11 is 0. The van der Waals surface area contributed by atoms with Crippen LogP contribution in [0.2, 0.25) is 0 Å². The number of aromatic amines is 1. The van der Waals surface area contributed by atoms with Gasteiger partial charge in [0.25, 0.3) is 5.56 Å². The highest BCUT2D eigenvalue weighted by atomic mass is 19.1. The molecule has 3 heterocycles. The second kappa shape index (κ2) is 7.22. The number of aromatic nitrogens is 3. The smallest absolute Gasteiger partial charge is 0.272 e. The van der Waals surface area contributed by atoms with E-state index in [1.54, 1.807) is 18.2 Å². The first kappa shape index (κ1) is 18.4. The third-order valence-corrected chi connectivity index (χ3v) is 5.52. The van der Waals surface area contributed by atoms with Crippen molar-refractivity contribution in [2.45, 2.75) is 39.0 Å². The van der Waals surface area contributed by atoms with Gasteiger partial charge in [-0.25, -0.2) is 13.9 Å². The van der Waals surface area contributed by atoms with E-state index in [0.29, 0.717) is 25.2 Å². The van der Waals surface area contributed by atoms with Gasteiger partial charge < -0.3 is 4.90 Å². The lowest BCUT2D eigenvalue weighted by Gasteiger charge is -2.31. The SMILES string of the molecule is CCC(=O)N1CCC(c2cc(=O)n3[nH]c(C)c(-c4ccc(F)cc4)c3n2)CC1. The van der Waals surface area contributed by atoms with E-state index >= 15 is 0 Å². The van der Waals surface area contributed by atoms with Crippen molar-refractivity contribution < 1.29 is 9.18 Å². The van der Waals surface area contributed by atoms with Gasteiger partial charge in [-0.05, 0) is 37.5 Å². The highest BCUT2D eigenvalue weighted by molar-refractivity contribution is 5.79. The Labute approximate surface area is 162 Å². The number of nitrogens with one attached hydrogen (secondary N) is 1. The fourth-order valence-corrected chi connectivity index (χ4v) is 3.99. The predicted octanol–water partition coefficient (Wildman–Crippen LogP) is 3.25. The number of likely N-dealkylation sites (tertiary alicyclic amines) is 1. The largest absolute Gasteiger partial charge is 0.343 e. The van der Waals surface area contributed by atoms with Crippen LogP contribution in [0.4, 0.5) is 4.39 Å². The molecule has 146 valence electrons. The molecule has 0 aliphatic carbocycles. The minimum Gasteiger partial charge on any atom is -0.343 e. The molecule has 0 atom stereocenters. The third kappa shape index (κ3) is 3.21. The summed E-state index contributed by atoms with van der Waals surface area (Å²) in [6, 6.07) is 7.78. The number of carbonyl (C=O) groups is 1. The number of benzene rings is 1. The van der Waals surface area contributed by atoms with Crippen LogP contribution in [0, 0.1) is 12.7 Å². The first-order valence-electron chi connectivity index (χ1n) is 9.64. The molecule has 1 aromatic carbocycles. The predicted molar refractivity (Wildman–Crippen MR) is 105 cm³/mol. The quantitative estimate of drug-likeness (QED) is 0.756. The number of nitrogens with zero attached hydrogens (tertiary/aromatic N) is 3. The number of aryl methyl sites for hydroxylation is 1. The zero-order chi connectivity index (χ0) is 19.8. The Balaban J connectivity index is 1.72. The molecule has 1 fully saturated rings. The molecule has 1 aliphatic heterocycles. The molecule has 2 aromatic heterocycles. The van der Waals surface area contributed by atoms with E-state index in [9.17, 15) is 14.0 Å². The molecule has 0 saturated carbocycles. The normalized spacial score (nSPS) is 15.3. The Morgan fingerprint density at radius 1 is 1.25 bits per heavy atom. The van der Waals surface area contributed by atoms with E-state index in [-0.39, 0.29) is 23.2 Å². The van der Waals surface area contributed by atoms with Crippen LogP contribution in [0.15, 0.2) is 35.1 Å². The molecule has 1 amide bonds. The molecule has 7 heteroatoms. The number of hydrogen-bond acceptors (Lipinski definition) is 3. The van der Waals surface area contributed by atoms with Crippen molar-refractivity contribution in [3.8, 4) is 11.1 Å². The van der Waals surface area contributed by atoms with Crippen LogP contribution in [0.1, 0.15) is 43.5 Å². The lowest BCUT2D eigenvalue weighted by atomic mass is 9.93. The van der Waals surface area contributed by atoms with Crippen molar-refractivity contribution in [2.75, 3.05) is 13.1 Å². The molecule has 0 spiro atoms. The van der Waals surface area contributed by atoms with Gasteiger partial charge in [0.2, 0.25) is 5.91 Å². The van der Waals surface area contributed by atoms with Crippen LogP contribution in [0.5, 0.6) is 0 Å². The summed E-state index contributed by atoms with van der Waals surface area (Å²) in [5, 5.41) is 3.06. The number of piperidine rings is 1. The van der Waals surface area contributed by atoms with Gasteiger partial charge in [0, 0.05) is 42.8 Å². The highest BCUT2D eigenvalue weighted by Gasteiger charge is 2.25. The zero-order valence-corrected chi connectivity index (χ0v) is 16.0. The summed E-state index contributed by atoms with van der Waals surface area (Å²) in [5.41, 5.74) is 3.57. The van der Waals surface area contributed by atoms with Crippen molar-refractivity contribution in [3.63, 3.8) is 0 Å².